The summed E-state index contributed by atoms with van der Waals surface area (Å²) in [6.45, 7) is 3.09. The van der Waals surface area contributed by atoms with E-state index in [1.807, 2.05) is 42.5 Å². The lowest BCUT2D eigenvalue weighted by Gasteiger charge is -2.07. The molecule has 0 aliphatic rings. The average molecular weight is 252 g/mol. The van der Waals surface area contributed by atoms with Gasteiger partial charge in [-0.25, -0.2) is 0 Å². The molecule has 2 aromatic rings. The molecule has 0 N–H and O–H groups in total. The standard InChI is InChI=1S/C17H16O2/c1-12(13(2)18)17(19)16-10-8-15(9-11-16)14-6-4-3-5-7-14/h3-12H,1-2H3. The van der Waals surface area contributed by atoms with Crippen LogP contribution < -0.4 is 0 Å². The number of hydrogen-bond acceptors (Lipinski definition) is 2. The highest BCUT2D eigenvalue weighted by Crippen LogP contribution is 2.20. The molecule has 0 spiro atoms. The summed E-state index contributed by atoms with van der Waals surface area (Å²) in [4.78, 5) is 23.2. The van der Waals surface area contributed by atoms with Crippen molar-refractivity contribution >= 4 is 11.6 Å². The number of Topliss-reactive ketones (excluding diaryl/α,β-unsaturated/α-hetero) is 2. The number of rotatable bonds is 4. The first kappa shape index (κ1) is 13.2. The summed E-state index contributed by atoms with van der Waals surface area (Å²) in [5.41, 5.74) is 2.76. The van der Waals surface area contributed by atoms with Crippen LogP contribution in [0.2, 0.25) is 0 Å². The predicted molar refractivity (Wildman–Crippen MR) is 76.1 cm³/mol. The molecule has 0 aromatic heterocycles. The minimum atomic E-state index is -0.567. The van der Waals surface area contributed by atoms with E-state index in [9.17, 15) is 9.59 Å². The van der Waals surface area contributed by atoms with Crippen LogP contribution in [0.4, 0.5) is 0 Å². The molecular formula is C17H16O2. The van der Waals surface area contributed by atoms with Gasteiger partial charge in [0.2, 0.25) is 0 Å². The summed E-state index contributed by atoms with van der Waals surface area (Å²) in [5, 5.41) is 0. The Bertz CT molecular complexity index is 582. The minimum absolute atomic E-state index is 0.0999. The van der Waals surface area contributed by atoms with Gasteiger partial charge in [0.25, 0.3) is 0 Å². The molecule has 2 nitrogen and oxygen atoms in total. The molecule has 0 radical (unpaired) electrons. The molecule has 0 aliphatic heterocycles. The van der Waals surface area contributed by atoms with Crippen LogP contribution in [0, 0.1) is 5.92 Å². The molecule has 0 saturated heterocycles. The van der Waals surface area contributed by atoms with Crippen molar-refractivity contribution in [1.29, 1.82) is 0 Å². The van der Waals surface area contributed by atoms with E-state index in [4.69, 9.17) is 0 Å². The van der Waals surface area contributed by atoms with Crippen LogP contribution in [-0.4, -0.2) is 11.6 Å². The smallest absolute Gasteiger partial charge is 0.173 e. The Labute approximate surface area is 113 Å². The maximum absolute atomic E-state index is 12.0. The summed E-state index contributed by atoms with van der Waals surface area (Å²) < 4.78 is 0. The van der Waals surface area contributed by atoms with Crippen LogP contribution in [0.25, 0.3) is 11.1 Å². The Balaban J connectivity index is 2.24. The van der Waals surface area contributed by atoms with Gasteiger partial charge >= 0.3 is 0 Å². The Morgan fingerprint density at radius 3 is 1.89 bits per heavy atom. The summed E-state index contributed by atoms with van der Waals surface area (Å²) in [6, 6.07) is 17.4. The third kappa shape index (κ3) is 2.97. The van der Waals surface area contributed by atoms with E-state index < -0.39 is 5.92 Å². The van der Waals surface area contributed by atoms with Gasteiger partial charge < -0.3 is 0 Å². The van der Waals surface area contributed by atoms with Crippen molar-refractivity contribution in [2.75, 3.05) is 0 Å². The fourth-order valence-corrected chi connectivity index (χ4v) is 1.89. The highest BCUT2D eigenvalue weighted by atomic mass is 16.1. The lowest BCUT2D eigenvalue weighted by Crippen LogP contribution is -2.18. The van der Waals surface area contributed by atoms with Gasteiger partial charge in [-0.2, -0.15) is 0 Å². The molecule has 1 unspecified atom stereocenters. The Kier molecular flexibility index (Phi) is 3.91. The zero-order valence-electron chi connectivity index (χ0n) is 11.1. The fourth-order valence-electron chi connectivity index (χ4n) is 1.89. The Morgan fingerprint density at radius 2 is 1.37 bits per heavy atom. The maximum Gasteiger partial charge on any atom is 0.173 e. The van der Waals surface area contributed by atoms with Gasteiger partial charge in [0.15, 0.2) is 5.78 Å². The second-order valence-electron chi connectivity index (χ2n) is 4.64. The quantitative estimate of drug-likeness (QED) is 0.613. The van der Waals surface area contributed by atoms with Gasteiger partial charge in [-0.15, -0.1) is 0 Å². The second-order valence-corrected chi connectivity index (χ2v) is 4.64. The maximum atomic E-state index is 12.0. The SMILES string of the molecule is CC(=O)C(C)C(=O)c1ccc(-c2ccccc2)cc1. The van der Waals surface area contributed by atoms with Crippen LogP contribution in [0.5, 0.6) is 0 Å². The number of carbonyl (C=O) groups excluding carboxylic acids is 2. The fraction of sp³-hybridized carbons (Fsp3) is 0.176. The van der Waals surface area contributed by atoms with Crippen molar-refractivity contribution in [3.63, 3.8) is 0 Å². The lowest BCUT2D eigenvalue weighted by atomic mass is 9.95. The molecule has 0 fully saturated rings. The largest absolute Gasteiger partial charge is 0.299 e. The number of ketones is 2. The first-order chi connectivity index (χ1) is 9.09. The topological polar surface area (TPSA) is 34.1 Å². The van der Waals surface area contributed by atoms with Crippen LogP contribution in [0.3, 0.4) is 0 Å². The molecule has 2 rings (SSSR count). The van der Waals surface area contributed by atoms with E-state index in [-0.39, 0.29) is 11.6 Å². The molecule has 0 aliphatic carbocycles. The van der Waals surface area contributed by atoms with E-state index in [0.717, 1.165) is 11.1 Å². The summed E-state index contributed by atoms with van der Waals surface area (Å²) in [5.74, 6) is -0.785. The molecule has 1 atom stereocenters. The van der Waals surface area contributed by atoms with Crippen molar-refractivity contribution in [2.24, 2.45) is 5.92 Å². The summed E-state index contributed by atoms with van der Waals surface area (Å²) in [6.07, 6.45) is 0. The van der Waals surface area contributed by atoms with Crippen molar-refractivity contribution in [3.05, 3.63) is 60.2 Å². The molecule has 0 heterocycles. The van der Waals surface area contributed by atoms with E-state index in [1.54, 1.807) is 19.1 Å². The van der Waals surface area contributed by atoms with Crippen LogP contribution in [0.1, 0.15) is 24.2 Å². The number of hydrogen-bond donors (Lipinski definition) is 0. The molecule has 0 amide bonds. The van der Waals surface area contributed by atoms with Crippen LogP contribution in [-0.2, 0) is 4.79 Å². The van der Waals surface area contributed by atoms with Crippen molar-refractivity contribution < 1.29 is 9.59 Å². The van der Waals surface area contributed by atoms with E-state index >= 15 is 0 Å². The molecular weight excluding hydrogens is 236 g/mol. The average Bonchev–Trinajstić information content (AvgIpc) is 2.46. The Morgan fingerprint density at radius 1 is 0.842 bits per heavy atom. The zero-order chi connectivity index (χ0) is 13.8. The first-order valence-electron chi connectivity index (χ1n) is 6.29. The lowest BCUT2D eigenvalue weighted by molar-refractivity contribution is -0.118. The monoisotopic (exact) mass is 252 g/mol. The highest BCUT2D eigenvalue weighted by Gasteiger charge is 2.18. The van der Waals surface area contributed by atoms with E-state index in [0.29, 0.717) is 5.56 Å². The van der Waals surface area contributed by atoms with Crippen molar-refractivity contribution in [2.45, 2.75) is 13.8 Å². The molecule has 0 saturated carbocycles. The second kappa shape index (κ2) is 5.61. The third-order valence-electron chi connectivity index (χ3n) is 3.28. The molecule has 96 valence electrons. The Hall–Kier alpha value is -2.22. The minimum Gasteiger partial charge on any atom is -0.299 e. The first-order valence-corrected chi connectivity index (χ1v) is 6.29. The van der Waals surface area contributed by atoms with E-state index in [1.165, 1.54) is 6.92 Å². The normalized spacial score (nSPS) is 11.9. The zero-order valence-corrected chi connectivity index (χ0v) is 11.1. The number of benzene rings is 2. The van der Waals surface area contributed by atoms with Crippen molar-refractivity contribution in [3.8, 4) is 11.1 Å². The van der Waals surface area contributed by atoms with Gasteiger partial charge in [-0.05, 0) is 25.0 Å². The highest BCUT2D eigenvalue weighted by molar-refractivity contribution is 6.09. The van der Waals surface area contributed by atoms with E-state index in [2.05, 4.69) is 0 Å². The summed E-state index contributed by atoms with van der Waals surface area (Å²) in [7, 11) is 0. The van der Waals surface area contributed by atoms with Crippen LogP contribution >= 0.6 is 0 Å². The van der Waals surface area contributed by atoms with Gasteiger partial charge in [0, 0.05) is 5.56 Å². The van der Waals surface area contributed by atoms with Gasteiger partial charge in [-0.1, -0.05) is 54.6 Å². The van der Waals surface area contributed by atoms with Crippen LogP contribution in [0.15, 0.2) is 54.6 Å². The van der Waals surface area contributed by atoms with Crippen molar-refractivity contribution in [1.82, 2.24) is 0 Å². The van der Waals surface area contributed by atoms with Gasteiger partial charge in [-0.3, -0.25) is 9.59 Å². The van der Waals surface area contributed by atoms with Gasteiger partial charge in [0.05, 0.1) is 5.92 Å². The van der Waals surface area contributed by atoms with Gasteiger partial charge in [0.1, 0.15) is 5.78 Å². The molecule has 0 bridgehead atoms. The summed E-state index contributed by atoms with van der Waals surface area (Å²) >= 11 is 0. The third-order valence-corrected chi connectivity index (χ3v) is 3.28. The number of carbonyl (C=O) groups is 2. The predicted octanol–water partition coefficient (Wildman–Crippen LogP) is 3.76. The molecule has 19 heavy (non-hydrogen) atoms. The molecule has 2 aromatic carbocycles. The molecule has 2 heteroatoms.